The molecule has 0 spiro atoms. The van der Waals surface area contributed by atoms with E-state index in [4.69, 9.17) is 17.3 Å². The van der Waals surface area contributed by atoms with E-state index in [2.05, 4.69) is 15.3 Å². The number of nitro benzene ring substituents is 1. The van der Waals surface area contributed by atoms with Gasteiger partial charge in [-0.15, -0.1) is 0 Å². The Morgan fingerprint density at radius 2 is 2.21 bits per heavy atom. The van der Waals surface area contributed by atoms with Crippen LogP contribution in [0.1, 0.15) is 5.56 Å². The molecule has 8 heteroatoms. The van der Waals surface area contributed by atoms with Gasteiger partial charge in [0.25, 0.3) is 5.69 Å². The Bertz CT molecular complexity index is 620. The van der Waals surface area contributed by atoms with Gasteiger partial charge in [0.15, 0.2) is 11.0 Å². The molecular formula is C11H10ClN5O2. The van der Waals surface area contributed by atoms with Gasteiger partial charge in [-0.25, -0.2) is 9.97 Å². The average molecular weight is 280 g/mol. The summed E-state index contributed by atoms with van der Waals surface area (Å²) in [5, 5.41) is 13.8. The van der Waals surface area contributed by atoms with Crippen LogP contribution in [0.3, 0.4) is 0 Å². The molecule has 0 radical (unpaired) electrons. The monoisotopic (exact) mass is 279 g/mol. The number of benzene rings is 1. The minimum Gasteiger partial charge on any atom is -0.393 e. The first-order valence-electron chi connectivity index (χ1n) is 5.31. The Morgan fingerprint density at radius 3 is 2.95 bits per heavy atom. The predicted octanol–water partition coefficient (Wildman–Crippen LogP) is 2.23. The van der Waals surface area contributed by atoms with Gasteiger partial charge >= 0.3 is 0 Å². The van der Waals surface area contributed by atoms with Crippen molar-refractivity contribution in [1.82, 2.24) is 9.97 Å². The second-order valence-electron chi connectivity index (χ2n) is 3.71. The maximum absolute atomic E-state index is 10.7. The zero-order valence-corrected chi connectivity index (χ0v) is 10.5. The van der Waals surface area contributed by atoms with Gasteiger partial charge in [0.1, 0.15) is 12.0 Å². The molecule has 0 aliphatic rings. The molecule has 0 unspecified atom stereocenters. The minimum atomic E-state index is -0.445. The molecule has 3 N–H and O–H groups in total. The van der Waals surface area contributed by atoms with E-state index in [9.17, 15) is 10.1 Å². The third-order valence-electron chi connectivity index (χ3n) is 2.42. The van der Waals surface area contributed by atoms with E-state index in [1.54, 1.807) is 12.1 Å². The predicted molar refractivity (Wildman–Crippen MR) is 71.9 cm³/mol. The molecule has 2 rings (SSSR count). The number of non-ortho nitro benzene ring substituents is 1. The number of hydrogen-bond acceptors (Lipinski definition) is 6. The topological polar surface area (TPSA) is 107 Å². The van der Waals surface area contributed by atoms with Crippen LogP contribution in [0.15, 0.2) is 30.6 Å². The van der Waals surface area contributed by atoms with Gasteiger partial charge in [-0.05, 0) is 5.56 Å². The summed E-state index contributed by atoms with van der Waals surface area (Å²) in [7, 11) is 0. The number of nitrogens with two attached hydrogens (primary N) is 1. The zero-order valence-electron chi connectivity index (χ0n) is 9.71. The van der Waals surface area contributed by atoms with Crippen molar-refractivity contribution in [3.63, 3.8) is 0 Å². The van der Waals surface area contributed by atoms with Gasteiger partial charge in [0.2, 0.25) is 0 Å². The molecule has 0 bridgehead atoms. The van der Waals surface area contributed by atoms with Gasteiger partial charge in [0.05, 0.1) is 4.92 Å². The van der Waals surface area contributed by atoms with E-state index in [0.29, 0.717) is 12.4 Å². The minimum absolute atomic E-state index is 0.0352. The van der Waals surface area contributed by atoms with Crippen molar-refractivity contribution in [3.8, 4) is 0 Å². The molecule has 0 aliphatic carbocycles. The Kier molecular flexibility index (Phi) is 3.76. The molecule has 0 saturated heterocycles. The summed E-state index contributed by atoms with van der Waals surface area (Å²) in [5.74, 6) is 0.395. The molecule has 1 heterocycles. The van der Waals surface area contributed by atoms with Gasteiger partial charge in [-0.1, -0.05) is 23.7 Å². The summed E-state index contributed by atoms with van der Waals surface area (Å²) >= 11 is 5.76. The standard InChI is InChI=1S/C11H10ClN5O2/c12-10-9(13)11(16-6-15-10)14-5-7-2-1-3-8(4-7)17(18)19/h1-4,6H,5,13H2,(H,14,15,16). The van der Waals surface area contributed by atoms with Crippen LogP contribution in [0.5, 0.6) is 0 Å². The maximum Gasteiger partial charge on any atom is 0.269 e. The van der Waals surface area contributed by atoms with Crippen molar-refractivity contribution in [2.45, 2.75) is 6.54 Å². The summed E-state index contributed by atoms with van der Waals surface area (Å²) < 4.78 is 0. The number of rotatable bonds is 4. The third-order valence-corrected chi connectivity index (χ3v) is 2.72. The van der Waals surface area contributed by atoms with Gasteiger partial charge in [-0.3, -0.25) is 10.1 Å². The first-order valence-corrected chi connectivity index (χ1v) is 5.69. The number of nitrogen functional groups attached to an aromatic ring is 1. The van der Waals surface area contributed by atoms with E-state index >= 15 is 0 Å². The highest BCUT2D eigenvalue weighted by Gasteiger charge is 2.08. The molecule has 1 aromatic carbocycles. The van der Waals surface area contributed by atoms with Crippen molar-refractivity contribution >= 4 is 28.8 Å². The van der Waals surface area contributed by atoms with Crippen molar-refractivity contribution in [1.29, 1.82) is 0 Å². The lowest BCUT2D eigenvalue weighted by atomic mass is 10.2. The summed E-state index contributed by atoms with van der Waals surface area (Å²) in [4.78, 5) is 17.9. The lowest BCUT2D eigenvalue weighted by Crippen LogP contribution is -2.06. The molecule has 2 aromatic rings. The summed E-state index contributed by atoms with van der Waals surface area (Å²) in [6.07, 6.45) is 1.29. The normalized spacial score (nSPS) is 10.2. The summed E-state index contributed by atoms with van der Waals surface area (Å²) in [5.41, 5.74) is 6.72. The third kappa shape index (κ3) is 3.08. The van der Waals surface area contributed by atoms with Crippen LogP contribution in [-0.2, 0) is 6.54 Å². The molecule has 0 aliphatic heterocycles. The zero-order chi connectivity index (χ0) is 13.8. The first kappa shape index (κ1) is 13.0. The number of nitrogens with zero attached hydrogens (tertiary/aromatic N) is 3. The van der Waals surface area contributed by atoms with Crippen molar-refractivity contribution < 1.29 is 4.92 Å². The van der Waals surface area contributed by atoms with E-state index < -0.39 is 4.92 Å². The van der Waals surface area contributed by atoms with Crippen molar-refractivity contribution in [2.75, 3.05) is 11.1 Å². The van der Waals surface area contributed by atoms with Crippen LogP contribution in [0.25, 0.3) is 0 Å². The molecular weight excluding hydrogens is 270 g/mol. The highest BCUT2D eigenvalue weighted by molar-refractivity contribution is 6.32. The van der Waals surface area contributed by atoms with Crippen molar-refractivity contribution in [3.05, 3.63) is 51.4 Å². The van der Waals surface area contributed by atoms with E-state index in [1.165, 1.54) is 18.5 Å². The highest BCUT2D eigenvalue weighted by atomic mass is 35.5. The van der Waals surface area contributed by atoms with Crippen LogP contribution >= 0.6 is 11.6 Å². The fourth-order valence-corrected chi connectivity index (χ4v) is 1.61. The number of hydrogen-bond donors (Lipinski definition) is 2. The number of halogens is 1. The molecule has 19 heavy (non-hydrogen) atoms. The first-order chi connectivity index (χ1) is 9.08. The van der Waals surface area contributed by atoms with Gasteiger partial charge in [-0.2, -0.15) is 0 Å². The largest absolute Gasteiger partial charge is 0.393 e. The van der Waals surface area contributed by atoms with E-state index in [1.807, 2.05) is 0 Å². The molecule has 7 nitrogen and oxygen atoms in total. The van der Waals surface area contributed by atoms with Gasteiger partial charge < -0.3 is 11.1 Å². The average Bonchev–Trinajstić information content (AvgIpc) is 2.41. The number of anilines is 2. The Morgan fingerprint density at radius 1 is 1.42 bits per heavy atom. The van der Waals surface area contributed by atoms with Crippen LogP contribution < -0.4 is 11.1 Å². The summed E-state index contributed by atoms with van der Waals surface area (Å²) in [6, 6.07) is 6.29. The SMILES string of the molecule is Nc1c(Cl)ncnc1NCc1cccc([N+](=O)[O-])c1. The Hall–Kier alpha value is -2.41. The fourth-order valence-electron chi connectivity index (χ4n) is 1.48. The second kappa shape index (κ2) is 5.49. The van der Waals surface area contributed by atoms with Gasteiger partial charge in [0, 0.05) is 18.7 Å². The molecule has 1 aromatic heterocycles. The van der Waals surface area contributed by atoms with Crippen LogP contribution in [0.4, 0.5) is 17.2 Å². The fraction of sp³-hybridized carbons (Fsp3) is 0.0909. The van der Waals surface area contributed by atoms with E-state index in [-0.39, 0.29) is 16.5 Å². The Labute approximate surface area is 113 Å². The quantitative estimate of drug-likeness (QED) is 0.505. The highest BCUT2D eigenvalue weighted by Crippen LogP contribution is 2.22. The van der Waals surface area contributed by atoms with E-state index in [0.717, 1.165) is 5.56 Å². The molecule has 0 saturated carbocycles. The molecule has 0 fully saturated rings. The molecule has 98 valence electrons. The smallest absolute Gasteiger partial charge is 0.269 e. The number of nitrogens with one attached hydrogen (secondary N) is 1. The lowest BCUT2D eigenvalue weighted by Gasteiger charge is -2.08. The van der Waals surface area contributed by atoms with Crippen LogP contribution in [0.2, 0.25) is 5.15 Å². The van der Waals surface area contributed by atoms with Crippen LogP contribution in [0, 0.1) is 10.1 Å². The number of nitro groups is 1. The molecule has 0 amide bonds. The summed E-state index contributed by atoms with van der Waals surface area (Å²) in [6.45, 7) is 0.346. The Balaban J connectivity index is 2.12. The number of aromatic nitrogens is 2. The maximum atomic E-state index is 10.7. The van der Waals surface area contributed by atoms with Crippen LogP contribution in [-0.4, -0.2) is 14.9 Å². The lowest BCUT2D eigenvalue weighted by molar-refractivity contribution is -0.384. The van der Waals surface area contributed by atoms with Crippen molar-refractivity contribution in [2.24, 2.45) is 0 Å². The molecule has 0 atom stereocenters. The second-order valence-corrected chi connectivity index (χ2v) is 4.07.